The number of aromatic nitrogens is 2. The summed E-state index contributed by atoms with van der Waals surface area (Å²) < 4.78 is 5.45. The number of benzene rings is 2. The molecular weight excluding hydrogens is 428 g/mol. The van der Waals surface area contributed by atoms with Crippen molar-refractivity contribution in [3.63, 3.8) is 0 Å². The lowest BCUT2D eigenvalue weighted by atomic mass is 9.94. The Morgan fingerprint density at radius 2 is 1.70 bits per heavy atom. The molecule has 0 saturated carbocycles. The first kappa shape index (κ1) is 20.7. The van der Waals surface area contributed by atoms with Crippen molar-refractivity contribution in [1.82, 2.24) is 15.1 Å². The molecule has 4 N–H and O–H groups in total. The Kier molecular flexibility index (Phi) is 4.86. The van der Waals surface area contributed by atoms with Gasteiger partial charge in [0.2, 0.25) is 0 Å². The van der Waals surface area contributed by atoms with Crippen molar-refractivity contribution in [3.8, 4) is 11.1 Å². The summed E-state index contributed by atoms with van der Waals surface area (Å²) in [6, 6.07) is 17.3. The maximum absolute atomic E-state index is 12.4. The summed E-state index contributed by atoms with van der Waals surface area (Å²) in [7, 11) is 0. The van der Waals surface area contributed by atoms with E-state index in [-0.39, 0.29) is 37.1 Å². The van der Waals surface area contributed by atoms with E-state index >= 15 is 0 Å². The highest BCUT2D eigenvalue weighted by Crippen LogP contribution is 2.44. The summed E-state index contributed by atoms with van der Waals surface area (Å²) in [4.78, 5) is 36.9. The largest absolute Gasteiger partial charge is 0.479 e. The summed E-state index contributed by atoms with van der Waals surface area (Å²) >= 11 is 0. The maximum Gasteiger partial charge on any atom is 0.412 e. The van der Waals surface area contributed by atoms with Crippen LogP contribution in [0.3, 0.4) is 0 Å². The number of nitrogens with zero attached hydrogens (tertiary/aromatic N) is 2. The number of ether oxygens (including phenoxy) is 1. The van der Waals surface area contributed by atoms with Crippen LogP contribution in [0.25, 0.3) is 11.1 Å². The number of likely N-dealkylation sites (tertiary alicyclic amines) is 1. The van der Waals surface area contributed by atoms with E-state index in [1.165, 1.54) is 11.0 Å². The highest BCUT2D eigenvalue weighted by atomic mass is 16.5. The Morgan fingerprint density at radius 3 is 2.30 bits per heavy atom. The third kappa shape index (κ3) is 3.60. The number of fused-ring (bicyclic) bond motifs is 3. The van der Waals surface area contributed by atoms with Gasteiger partial charge in [-0.15, -0.1) is 0 Å². The van der Waals surface area contributed by atoms with Crippen LogP contribution >= 0.6 is 0 Å². The Balaban J connectivity index is 1.20. The van der Waals surface area contributed by atoms with E-state index in [9.17, 15) is 19.5 Å². The number of anilines is 1. The molecule has 33 heavy (non-hydrogen) atoms. The van der Waals surface area contributed by atoms with Crippen molar-refractivity contribution in [1.29, 1.82) is 0 Å². The number of nitrogens with one attached hydrogen (secondary N) is 2. The number of H-pyrrole nitrogens is 1. The predicted molar refractivity (Wildman–Crippen MR) is 116 cm³/mol. The number of aliphatic carboxylic acids is 1. The fourth-order valence-corrected chi connectivity index (χ4v) is 4.27. The average molecular weight is 448 g/mol. The second-order valence-corrected chi connectivity index (χ2v) is 8.12. The van der Waals surface area contributed by atoms with E-state index in [0.29, 0.717) is 0 Å². The van der Waals surface area contributed by atoms with Gasteiger partial charge in [-0.05, 0) is 22.3 Å². The number of aromatic amines is 1. The van der Waals surface area contributed by atoms with Gasteiger partial charge in [0.25, 0.3) is 5.91 Å². The van der Waals surface area contributed by atoms with Crippen LogP contribution < -0.4 is 5.32 Å². The number of carboxylic acids is 1. The van der Waals surface area contributed by atoms with Gasteiger partial charge in [0.05, 0.1) is 13.1 Å². The van der Waals surface area contributed by atoms with Gasteiger partial charge in [-0.3, -0.25) is 15.2 Å². The Labute approximate surface area is 187 Å². The smallest absolute Gasteiger partial charge is 0.412 e. The van der Waals surface area contributed by atoms with E-state index in [0.717, 1.165) is 22.3 Å². The van der Waals surface area contributed by atoms with Gasteiger partial charge in [0.1, 0.15) is 12.3 Å². The summed E-state index contributed by atoms with van der Waals surface area (Å²) in [5, 5.41) is 27.5. The zero-order valence-electron chi connectivity index (χ0n) is 17.3. The molecule has 1 fully saturated rings. The number of hydrogen-bond donors (Lipinski definition) is 4. The lowest BCUT2D eigenvalue weighted by molar-refractivity contribution is -0.173. The van der Waals surface area contributed by atoms with E-state index in [2.05, 4.69) is 15.5 Å². The monoisotopic (exact) mass is 448 g/mol. The number of carbonyl (C=O) groups is 3. The SMILES string of the molecule is O=C(Nc1cc(C(=O)N2CC(O)(C(=O)O)C2)[nH]n1)OCC1c2ccccc2-c2ccccc21. The van der Waals surface area contributed by atoms with Crippen LogP contribution in [0.4, 0.5) is 10.6 Å². The second-order valence-electron chi connectivity index (χ2n) is 8.12. The summed E-state index contributed by atoms with van der Waals surface area (Å²) in [5.74, 6) is -1.91. The lowest BCUT2D eigenvalue weighted by Gasteiger charge is -2.42. The standard InChI is InChI=1S/C23H20N4O6/c28-20(27-11-23(32,12-27)21(29)30)18-9-19(26-25-18)24-22(31)33-10-17-15-7-3-1-5-13(15)14-6-2-4-8-16(14)17/h1-9,17,32H,10-12H2,(H,29,30)(H2,24,25,26,31). The minimum atomic E-state index is -1.93. The Morgan fingerprint density at radius 1 is 1.09 bits per heavy atom. The van der Waals surface area contributed by atoms with Gasteiger partial charge in [-0.25, -0.2) is 9.59 Å². The molecule has 0 bridgehead atoms. The molecule has 1 aromatic heterocycles. The molecule has 0 unspecified atom stereocenters. The first-order valence-corrected chi connectivity index (χ1v) is 10.3. The number of amides is 2. The van der Waals surface area contributed by atoms with E-state index in [1.54, 1.807) is 0 Å². The van der Waals surface area contributed by atoms with Crippen LogP contribution in [0, 0.1) is 0 Å². The molecule has 1 aliphatic carbocycles. The van der Waals surface area contributed by atoms with Gasteiger partial charge < -0.3 is 19.8 Å². The minimum Gasteiger partial charge on any atom is -0.479 e. The fraction of sp³-hybridized carbons (Fsp3) is 0.217. The molecule has 2 amide bonds. The van der Waals surface area contributed by atoms with Gasteiger partial charge in [-0.2, -0.15) is 5.10 Å². The minimum absolute atomic E-state index is 0.0522. The first-order valence-electron chi connectivity index (χ1n) is 10.3. The van der Waals surface area contributed by atoms with Crippen LogP contribution in [0.15, 0.2) is 54.6 Å². The first-order chi connectivity index (χ1) is 15.9. The van der Waals surface area contributed by atoms with Crippen LogP contribution in [0.1, 0.15) is 27.5 Å². The van der Waals surface area contributed by atoms with Crippen LogP contribution in [-0.4, -0.2) is 68.6 Å². The predicted octanol–water partition coefficient (Wildman–Crippen LogP) is 2.04. The van der Waals surface area contributed by atoms with Crippen molar-refractivity contribution >= 4 is 23.8 Å². The quantitative estimate of drug-likeness (QED) is 0.467. The van der Waals surface area contributed by atoms with Gasteiger partial charge in [0, 0.05) is 12.0 Å². The molecule has 10 heteroatoms. The topological polar surface area (TPSA) is 145 Å². The number of aliphatic hydroxyl groups is 1. The third-order valence-electron chi connectivity index (χ3n) is 5.97. The average Bonchev–Trinajstić information content (AvgIpc) is 3.37. The zero-order chi connectivity index (χ0) is 23.2. The van der Waals surface area contributed by atoms with Crippen LogP contribution in [0.5, 0.6) is 0 Å². The molecular formula is C23H20N4O6. The van der Waals surface area contributed by atoms with Crippen molar-refractivity contribution in [3.05, 3.63) is 71.4 Å². The second kappa shape index (κ2) is 7.75. The number of carboxylic acid groups (broad SMARTS) is 1. The van der Waals surface area contributed by atoms with Crippen LogP contribution in [0.2, 0.25) is 0 Å². The van der Waals surface area contributed by atoms with Crippen molar-refractivity contribution in [2.24, 2.45) is 0 Å². The molecule has 3 aromatic rings. The molecule has 1 aliphatic heterocycles. The lowest BCUT2D eigenvalue weighted by Crippen LogP contribution is -2.67. The molecule has 2 heterocycles. The number of rotatable bonds is 5. The zero-order valence-corrected chi connectivity index (χ0v) is 17.3. The van der Waals surface area contributed by atoms with E-state index in [1.807, 2.05) is 48.5 Å². The number of carbonyl (C=O) groups excluding carboxylic acids is 2. The van der Waals surface area contributed by atoms with Crippen molar-refractivity contribution in [2.75, 3.05) is 25.0 Å². The van der Waals surface area contributed by atoms with Gasteiger partial charge >= 0.3 is 12.1 Å². The molecule has 10 nitrogen and oxygen atoms in total. The fourth-order valence-electron chi connectivity index (χ4n) is 4.27. The summed E-state index contributed by atoms with van der Waals surface area (Å²) in [6.45, 7) is -0.512. The summed E-state index contributed by atoms with van der Waals surface area (Å²) in [5.41, 5.74) is 2.55. The highest BCUT2D eigenvalue weighted by molar-refractivity contribution is 5.96. The normalized spacial score (nSPS) is 15.8. The molecule has 168 valence electrons. The Bertz CT molecular complexity index is 1220. The van der Waals surface area contributed by atoms with Crippen LogP contribution in [-0.2, 0) is 9.53 Å². The molecule has 2 aliphatic rings. The highest BCUT2D eigenvalue weighted by Gasteiger charge is 2.50. The molecule has 0 spiro atoms. The van der Waals surface area contributed by atoms with E-state index < -0.39 is 23.6 Å². The van der Waals surface area contributed by atoms with E-state index in [4.69, 9.17) is 9.84 Å². The molecule has 0 atom stereocenters. The molecule has 2 aromatic carbocycles. The molecule has 1 saturated heterocycles. The van der Waals surface area contributed by atoms with Crippen molar-refractivity contribution < 1.29 is 29.3 Å². The Hall–Kier alpha value is -4.18. The van der Waals surface area contributed by atoms with Crippen molar-refractivity contribution in [2.45, 2.75) is 11.5 Å². The number of β-amino-alcohol motifs (C(OH)–C–C–N with tert-alkyl or cyclic N) is 1. The molecule has 5 rings (SSSR count). The van der Waals surface area contributed by atoms with Gasteiger partial charge in [-0.1, -0.05) is 48.5 Å². The maximum atomic E-state index is 12.4. The summed E-state index contributed by atoms with van der Waals surface area (Å²) in [6.07, 6.45) is -0.716. The number of hydrogen-bond acceptors (Lipinski definition) is 6. The van der Waals surface area contributed by atoms with Gasteiger partial charge in [0.15, 0.2) is 11.4 Å². The molecule has 0 radical (unpaired) electrons. The third-order valence-corrected chi connectivity index (χ3v) is 5.97.